The molecule has 0 aliphatic rings. The van der Waals surface area contributed by atoms with Crippen LogP contribution in [-0.2, 0) is 9.53 Å². The van der Waals surface area contributed by atoms with Crippen LogP contribution in [0.25, 0.3) is 0 Å². The number of carbonyl (C=O) groups is 2. The Morgan fingerprint density at radius 2 is 1.95 bits per heavy atom. The third-order valence-electron chi connectivity index (χ3n) is 2.19. The third kappa shape index (κ3) is 5.42. The number of benzene rings is 1. The quantitative estimate of drug-likeness (QED) is 0.868. The largest absolute Gasteiger partial charge is 0.458 e. The number of hydrogen-bond acceptors (Lipinski definition) is 3. The van der Waals surface area contributed by atoms with Gasteiger partial charge in [0, 0.05) is 10.0 Å². The van der Waals surface area contributed by atoms with E-state index in [-0.39, 0.29) is 5.91 Å². The van der Waals surface area contributed by atoms with E-state index in [4.69, 9.17) is 4.74 Å². The maximum atomic E-state index is 11.9. The van der Waals surface area contributed by atoms with Crippen molar-refractivity contribution < 1.29 is 14.3 Å². The van der Waals surface area contributed by atoms with Crippen LogP contribution in [-0.4, -0.2) is 23.5 Å². The monoisotopic (exact) mass is 327 g/mol. The van der Waals surface area contributed by atoms with Crippen molar-refractivity contribution in [2.24, 2.45) is 0 Å². The first-order chi connectivity index (χ1) is 8.69. The van der Waals surface area contributed by atoms with Gasteiger partial charge in [-0.25, -0.2) is 4.79 Å². The molecule has 0 bridgehead atoms. The van der Waals surface area contributed by atoms with Gasteiger partial charge in [0.25, 0.3) is 5.91 Å². The Labute approximate surface area is 121 Å². The van der Waals surface area contributed by atoms with Crippen LogP contribution < -0.4 is 5.32 Å². The zero-order valence-electron chi connectivity index (χ0n) is 11.5. The molecule has 104 valence electrons. The summed E-state index contributed by atoms with van der Waals surface area (Å²) in [4.78, 5) is 23.7. The zero-order chi connectivity index (χ0) is 14.6. The fourth-order valence-corrected chi connectivity index (χ4v) is 1.76. The van der Waals surface area contributed by atoms with Crippen molar-refractivity contribution in [3.05, 3.63) is 34.3 Å². The van der Waals surface area contributed by atoms with Crippen molar-refractivity contribution in [1.29, 1.82) is 0 Å². The van der Waals surface area contributed by atoms with E-state index in [9.17, 15) is 9.59 Å². The van der Waals surface area contributed by atoms with Gasteiger partial charge in [0.05, 0.1) is 0 Å². The van der Waals surface area contributed by atoms with Gasteiger partial charge in [0.1, 0.15) is 11.6 Å². The molecule has 0 radical (unpaired) electrons. The minimum Gasteiger partial charge on any atom is -0.458 e. The maximum absolute atomic E-state index is 11.9. The van der Waals surface area contributed by atoms with E-state index < -0.39 is 17.6 Å². The van der Waals surface area contributed by atoms with Crippen molar-refractivity contribution in [3.63, 3.8) is 0 Å². The maximum Gasteiger partial charge on any atom is 0.328 e. The predicted octanol–water partition coefficient (Wildman–Crippen LogP) is 2.91. The number of esters is 1. The molecule has 0 heterocycles. The van der Waals surface area contributed by atoms with Crippen molar-refractivity contribution >= 4 is 27.8 Å². The first-order valence-electron chi connectivity index (χ1n) is 5.98. The molecule has 0 fully saturated rings. The molecular formula is C14H18BrNO3. The molecule has 4 nitrogen and oxygen atoms in total. The first kappa shape index (κ1) is 15.7. The molecule has 1 amide bonds. The number of halogens is 1. The predicted molar refractivity (Wildman–Crippen MR) is 76.9 cm³/mol. The molecule has 0 saturated heterocycles. The van der Waals surface area contributed by atoms with Crippen molar-refractivity contribution in [1.82, 2.24) is 5.32 Å². The summed E-state index contributed by atoms with van der Waals surface area (Å²) in [7, 11) is 0. The topological polar surface area (TPSA) is 55.4 Å². The van der Waals surface area contributed by atoms with E-state index in [0.29, 0.717) is 5.56 Å². The molecule has 1 atom stereocenters. The molecule has 1 N–H and O–H groups in total. The van der Waals surface area contributed by atoms with Gasteiger partial charge < -0.3 is 10.1 Å². The molecule has 1 aromatic carbocycles. The van der Waals surface area contributed by atoms with Gasteiger partial charge in [0.15, 0.2) is 0 Å². The van der Waals surface area contributed by atoms with Crippen LogP contribution in [0.5, 0.6) is 0 Å². The molecule has 0 unspecified atom stereocenters. The highest BCUT2D eigenvalue weighted by Crippen LogP contribution is 2.12. The van der Waals surface area contributed by atoms with E-state index >= 15 is 0 Å². The van der Waals surface area contributed by atoms with Crippen LogP contribution in [0.3, 0.4) is 0 Å². The van der Waals surface area contributed by atoms with Gasteiger partial charge in [-0.3, -0.25) is 4.79 Å². The Bertz CT molecular complexity index is 480. The molecule has 5 heteroatoms. The van der Waals surface area contributed by atoms with Gasteiger partial charge in [-0.2, -0.15) is 0 Å². The normalized spacial score (nSPS) is 12.7. The van der Waals surface area contributed by atoms with Crippen LogP contribution in [0.15, 0.2) is 28.7 Å². The second kappa shape index (κ2) is 6.19. The third-order valence-corrected chi connectivity index (χ3v) is 2.69. The van der Waals surface area contributed by atoms with Crippen LogP contribution in [0.4, 0.5) is 0 Å². The number of amides is 1. The Morgan fingerprint density at radius 3 is 2.47 bits per heavy atom. The SMILES string of the molecule is C[C@H](NC(=O)c1cccc(Br)c1)C(=O)OC(C)(C)C. The van der Waals surface area contributed by atoms with Gasteiger partial charge in [-0.15, -0.1) is 0 Å². The summed E-state index contributed by atoms with van der Waals surface area (Å²) >= 11 is 3.29. The lowest BCUT2D eigenvalue weighted by atomic mass is 10.2. The van der Waals surface area contributed by atoms with Crippen molar-refractivity contribution in [2.75, 3.05) is 0 Å². The lowest BCUT2D eigenvalue weighted by Gasteiger charge is -2.22. The molecule has 0 saturated carbocycles. The lowest BCUT2D eigenvalue weighted by Crippen LogP contribution is -2.42. The van der Waals surface area contributed by atoms with Gasteiger partial charge in [0.2, 0.25) is 0 Å². The highest BCUT2D eigenvalue weighted by atomic mass is 79.9. The molecule has 0 aromatic heterocycles. The minimum absolute atomic E-state index is 0.306. The second-order valence-corrected chi connectivity index (χ2v) is 6.15. The highest BCUT2D eigenvalue weighted by molar-refractivity contribution is 9.10. The first-order valence-corrected chi connectivity index (χ1v) is 6.77. The van der Waals surface area contributed by atoms with Crippen LogP contribution in [0, 0.1) is 0 Å². The summed E-state index contributed by atoms with van der Waals surface area (Å²) in [5.41, 5.74) is -0.0731. The molecule has 0 aliphatic heterocycles. The minimum atomic E-state index is -0.689. The fraction of sp³-hybridized carbons (Fsp3) is 0.429. The lowest BCUT2D eigenvalue weighted by molar-refractivity contribution is -0.156. The second-order valence-electron chi connectivity index (χ2n) is 5.24. The summed E-state index contributed by atoms with van der Waals surface area (Å²) in [6.45, 7) is 6.96. The summed E-state index contributed by atoms with van der Waals surface area (Å²) in [6.07, 6.45) is 0. The standard InChI is InChI=1S/C14H18BrNO3/c1-9(13(18)19-14(2,3)4)16-12(17)10-6-5-7-11(15)8-10/h5-9H,1-4H3,(H,16,17)/t9-/m0/s1. The highest BCUT2D eigenvalue weighted by Gasteiger charge is 2.23. The number of rotatable bonds is 3. The van der Waals surface area contributed by atoms with E-state index in [1.807, 2.05) is 6.07 Å². The Kier molecular flexibility index (Phi) is 5.11. The number of carbonyl (C=O) groups excluding carboxylic acids is 2. The van der Waals surface area contributed by atoms with Crippen molar-refractivity contribution in [2.45, 2.75) is 39.3 Å². The molecule has 19 heavy (non-hydrogen) atoms. The fourth-order valence-electron chi connectivity index (χ4n) is 1.36. The summed E-state index contributed by atoms with van der Waals surface area (Å²) in [5, 5.41) is 2.61. The average Bonchev–Trinajstić information content (AvgIpc) is 2.26. The van der Waals surface area contributed by atoms with Crippen LogP contribution >= 0.6 is 15.9 Å². The molecular weight excluding hydrogens is 310 g/mol. The Morgan fingerprint density at radius 1 is 1.32 bits per heavy atom. The van der Waals surface area contributed by atoms with E-state index in [2.05, 4.69) is 21.2 Å². The number of hydrogen-bond donors (Lipinski definition) is 1. The summed E-state index contributed by atoms with van der Waals surface area (Å²) in [5.74, 6) is -0.754. The molecule has 0 aliphatic carbocycles. The van der Waals surface area contributed by atoms with E-state index in [1.54, 1.807) is 45.9 Å². The number of ether oxygens (including phenoxy) is 1. The summed E-state index contributed by atoms with van der Waals surface area (Å²) in [6, 6.07) is 6.27. The molecule has 0 spiro atoms. The smallest absolute Gasteiger partial charge is 0.328 e. The summed E-state index contributed by atoms with van der Waals surface area (Å²) < 4.78 is 6.01. The van der Waals surface area contributed by atoms with E-state index in [0.717, 1.165) is 4.47 Å². The molecule has 1 aromatic rings. The van der Waals surface area contributed by atoms with Crippen molar-refractivity contribution in [3.8, 4) is 0 Å². The molecule has 1 rings (SSSR count). The average molecular weight is 328 g/mol. The Hall–Kier alpha value is -1.36. The van der Waals surface area contributed by atoms with Gasteiger partial charge in [-0.1, -0.05) is 22.0 Å². The number of nitrogens with one attached hydrogen (secondary N) is 1. The Balaban J connectivity index is 2.64. The zero-order valence-corrected chi connectivity index (χ0v) is 13.1. The van der Waals surface area contributed by atoms with Crippen LogP contribution in [0.2, 0.25) is 0 Å². The van der Waals surface area contributed by atoms with E-state index in [1.165, 1.54) is 0 Å². The van der Waals surface area contributed by atoms with Gasteiger partial charge in [-0.05, 0) is 45.9 Å². The van der Waals surface area contributed by atoms with Gasteiger partial charge >= 0.3 is 5.97 Å². The van der Waals surface area contributed by atoms with Crippen LogP contribution in [0.1, 0.15) is 38.1 Å².